The molecule has 2 aromatic rings. The van der Waals surface area contributed by atoms with E-state index in [1.807, 2.05) is 36.4 Å². The fourth-order valence-electron chi connectivity index (χ4n) is 2.98. The summed E-state index contributed by atoms with van der Waals surface area (Å²) < 4.78 is 5.29. The van der Waals surface area contributed by atoms with E-state index >= 15 is 0 Å². The molecule has 1 saturated heterocycles. The van der Waals surface area contributed by atoms with E-state index in [2.05, 4.69) is 15.8 Å². The first-order chi connectivity index (χ1) is 12.1. The van der Waals surface area contributed by atoms with Crippen molar-refractivity contribution in [1.82, 2.24) is 20.7 Å². The van der Waals surface area contributed by atoms with Crippen LogP contribution in [0.1, 0.15) is 25.5 Å². The van der Waals surface area contributed by atoms with Crippen LogP contribution in [0.25, 0.3) is 11.3 Å². The average molecular weight is 342 g/mol. The zero-order valence-corrected chi connectivity index (χ0v) is 14.2. The summed E-state index contributed by atoms with van der Waals surface area (Å²) in [7, 11) is 0. The lowest BCUT2D eigenvalue weighted by atomic mass is 10.1. The maximum Gasteiger partial charge on any atom is 0.317 e. The van der Waals surface area contributed by atoms with Crippen molar-refractivity contribution >= 4 is 11.9 Å². The Kier molecular flexibility index (Phi) is 5.33. The summed E-state index contributed by atoms with van der Waals surface area (Å²) in [5, 5.41) is 9.75. The van der Waals surface area contributed by atoms with Gasteiger partial charge in [0.25, 0.3) is 0 Å². The molecule has 7 nitrogen and oxygen atoms in total. The predicted octanol–water partition coefficient (Wildman–Crippen LogP) is 2.15. The number of piperidine rings is 1. The summed E-state index contributed by atoms with van der Waals surface area (Å²) in [6.45, 7) is 2.98. The molecule has 0 aliphatic carbocycles. The number of carbonyl (C=O) groups excluding carboxylic acids is 2. The van der Waals surface area contributed by atoms with Crippen molar-refractivity contribution in [3.63, 3.8) is 0 Å². The maximum absolute atomic E-state index is 12.3. The minimum absolute atomic E-state index is 0.0203. The van der Waals surface area contributed by atoms with E-state index in [-0.39, 0.29) is 24.5 Å². The number of benzene rings is 1. The lowest BCUT2D eigenvalue weighted by molar-refractivity contribution is -0.119. The minimum atomic E-state index is -0.160. The van der Waals surface area contributed by atoms with Crippen molar-refractivity contribution in [2.45, 2.75) is 32.4 Å². The third-order valence-electron chi connectivity index (χ3n) is 4.16. The highest BCUT2D eigenvalue weighted by molar-refractivity contribution is 5.75. The van der Waals surface area contributed by atoms with E-state index in [9.17, 15) is 9.59 Å². The number of urea groups is 1. The summed E-state index contributed by atoms with van der Waals surface area (Å²) >= 11 is 0. The van der Waals surface area contributed by atoms with Gasteiger partial charge in [0, 0.05) is 37.7 Å². The van der Waals surface area contributed by atoms with Crippen LogP contribution in [0.15, 0.2) is 40.9 Å². The molecule has 2 heterocycles. The predicted molar refractivity (Wildman–Crippen MR) is 92.6 cm³/mol. The maximum atomic E-state index is 12.3. The molecular weight excluding hydrogens is 320 g/mol. The van der Waals surface area contributed by atoms with Gasteiger partial charge in [0.15, 0.2) is 5.76 Å². The number of nitrogens with one attached hydrogen (secondary N) is 2. The first kappa shape index (κ1) is 17.0. The van der Waals surface area contributed by atoms with Crippen LogP contribution in [0.4, 0.5) is 4.79 Å². The van der Waals surface area contributed by atoms with E-state index in [0.717, 1.165) is 24.1 Å². The molecule has 1 aliphatic rings. The van der Waals surface area contributed by atoms with Gasteiger partial charge in [-0.05, 0) is 12.8 Å². The molecule has 3 amide bonds. The standard InChI is InChI=1S/C18H22N4O3/c1-13(23)20-15-8-5-9-22(12-15)18(24)19-11-16-10-17(21-25-16)14-6-3-2-4-7-14/h2-4,6-7,10,15H,5,8-9,11-12H2,1H3,(H,19,24)(H,20,23). The lowest BCUT2D eigenvalue weighted by Crippen LogP contribution is -2.51. The van der Waals surface area contributed by atoms with E-state index in [4.69, 9.17) is 4.52 Å². The molecule has 0 radical (unpaired) electrons. The Bertz CT molecular complexity index is 729. The Morgan fingerprint density at radius 2 is 2.12 bits per heavy atom. The van der Waals surface area contributed by atoms with Crippen LogP contribution >= 0.6 is 0 Å². The number of amides is 3. The number of hydrogen-bond acceptors (Lipinski definition) is 4. The molecule has 0 spiro atoms. The van der Waals surface area contributed by atoms with Gasteiger partial charge in [-0.15, -0.1) is 0 Å². The number of rotatable bonds is 4. The van der Waals surface area contributed by atoms with Crippen molar-refractivity contribution in [3.8, 4) is 11.3 Å². The first-order valence-corrected chi connectivity index (χ1v) is 8.42. The van der Waals surface area contributed by atoms with Gasteiger partial charge in [-0.1, -0.05) is 35.5 Å². The van der Waals surface area contributed by atoms with Gasteiger partial charge in [0.1, 0.15) is 5.69 Å². The summed E-state index contributed by atoms with van der Waals surface area (Å²) in [4.78, 5) is 25.2. The quantitative estimate of drug-likeness (QED) is 0.891. The highest BCUT2D eigenvalue weighted by atomic mass is 16.5. The Balaban J connectivity index is 1.52. The summed E-state index contributed by atoms with van der Waals surface area (Å²) in [5.74, 6) is 0.532. The largest absolute Gasteiger partial charge is 0.359 e. The molecule has 1 aliphatic heterocycles. The highest BCUT2D eigenvalue weighted by Crippen LogP contribution is 2.18. The molecule has 1 aromatic heterocycles. The molecule has 1 fully saturated rings. The van der Waals surface area contributed by atoms with E-state index in [1.165, 1.54) is 6.92 Å². The molecule has 1 unspecified atom stereocenters. The monoisotopic (exact) mass is 342 g/mol. The van der Waals surface area contributed by atoms with Crippen molar-refractivity contribution in [1.29, 1.82) is 0 Å². The highest BCUT2D eigenvalue weighted by Gasteiger charge is 2.24. The van der Waals surface area contributed by atoms with Gasteiger partial charge in [0.2, 0.25) is 5.91 Å². The Labute approximate surface area is 146 Å². The molecule has 7 heteroatoms. The van der Waals surface area contributed by atoms with Crippen molar-refractivity contribution in [2.24, 2.45) is 0 Å². The van der Waals surface area contributed by atoms with Crippen LogP contribution in [-0.4, -0.2) is 41.1 Å². The SMILES string of the molecule is CC(=O)NC1CCCN(C(=O)NCc2cc(-c3ccccc3)no2)C1. The van der Waals surface area contributed by atoms with Crippen molar-refractivity contribution < 1.29 is 14.1 Å². The zero-order chi connectivity index (χ0) is 17.6. The van der Waals surface area contributed by atoms with Crippen molar-refractivity contribution in [3.05, 3.63) is 42.2 Å². The number of carbonyl (C=O) groups is 2. The fraction of sp³-hybridized carbons (Fsp3) is 0.389. The average Bonchev–Trinajstić information content (AvgIpc) is 3.09. The van der Waals surface area contributed by atoms with Crippen LogP contribution < -0.4 is 10.6 Å². The third-order valence-corrected chi connectivity index (χ3v) is 4.16. The van der Waals surface area contributed by atoms with Crippen LogP contribution in [0, 0.1) is 0 Å². The van der Waals surface area contributed by atoms with Crippen LogP contribution in [-0.2, 0) is 11.3 Å². The topological polar surface area (TPSA) is 87.5 Å². The summed E-state index contributed by atoms with van der Waals surface area (Å²) in [5.41, 5.74) is 1.71. The van der Waals surface area contributed by atoms with Gasteiger partial charge in [-0.2, -0.15) is 0 Å². The second kappa shape index (κ2) is 7.83. The minimum Gasteiger partial charge on any atom is -0.359 e. The van der Waals surface area contributed by atoms with Gasteiger partial charge < -0.3 is 20.1 Å². The molecule has 0 saturated carbocycles. The first-order valence-electron chi connectivity index (χ1n) is 8.42. The van der Waals surface area contributed by atoms with Gasteiger partial charge >= 0.3 is 6.03 Å². The van der Waals surface area contributed by atoms with Gasteiger partial charge in [-0.25, -0.2) is 4.79 Å². The summed E-state index contributed by atoms with van der Waals surface area (Å²) in [6.07, 6.45) is 1.77. The molecule has 1 atom stereocenters. The molecule has 25 heavy (non-hydrogen) atoms. The Morgan fingerprint density at radius 1 is 1.32 bits per heavy atom. The fourth-order valence-corrected chi connectivity index (χ4v) is 2.98. The number of likely N-dealkylation sites (tertiary alicyclic amines) is 1. The molecule has 0 bridgehead atoms. The molecule has 1 aromatic carbocycles. The second-order valence-corrected chi connectivity index (χ2v) is 6.19. The molecule has 3 rings (SSSR count). The van der Waals surface area contributed by atoms with Gasteiger partial charge in [0.05, 0.1) is 6.54 Å². The molecule has 2 N–H and O–H groups in total. The van der Waals surface area contributed by atoms with Crippen molar-refractivity contribution in [2.75, 3.05) is 13.1 Å². The normalized spacial score (nSPS) is 17.2. The smallest absolute Gasteiger partial charge is 0.317 e. The van der Waals surface area contributed by atoms with Crippen LogP contribution in [0.5, 0.6) is 0 Å². The zero-order valence-electron chi connectivity index (χ0n) is 14.2. The number of hydrogen-bond donors (Lipinski definition) is 2. The van der Waals surface area contributed by atoms with E-state index in [1.54, 1.807) is 4.90 Å². The number of nitrogens with zero attached hydrogens (tertiary/aromatic N) is 2. The van der Waals surface area contributed by atoms with E-state index in [0.29, 0.717) is 18.8 Å². The Morgan fingerprint density at radius 3 is 2.88 bits per heavy atom. The lowest BCUT2D eigenvalue weighted by Gasteiger charge is -2.32. The second-order valence-electron chi connectivity index (χ2n) is 6.19. The number of aromatic nitrogens is 1. The van der Waals surface area contributed by atoms with Gasteiger partial charge in [-0.3, -0.25) is 4.79 Å². The van der Waals surface area contributed by atoms with Crippen LogP contribution in [0.2, 0.25) is 0 Å². The third kappa shape index (κ3) is 4.59. The molecule has 132 valence electrons. The van der Waals surface area contributed by atoms with E-state index < -0.39 is 0 Å². The van der Waals surface area contributed by atoms with Crippen LogP contribution in [0.3, 0.4) is 0 Å². The summed E-state index contributed by atoms with van der Waals surface area (Å²) in [6, 6.07) is 11.4. The Hall–Kier alpha value is -2.83. The molecular formula is C18H22N4O3.